The molecule has 3 saturated carbocycles. The summed E-state index contributed by atoms with van der Waals surface area (Å²) in [5, 5.41) is 6.29. The molecule has 2 aliphatic heterocycles. The highest BCUT2D eigenvalue weighted by molar-refractivity contribution is 7.13. The minimum absolute atomic E-state index is 0.0207. The Balaban J connectivity index is 1.20. The van der Waals surface area contributed by atoms with Crippen LogP contribution in [0.3, 0.4) is 0 Å². The summed E-state index contributed by atoms with van der Waals surface area (Å²) >= 11 is 1.64. The van der Waals surface area contributed by atoms with Gasteiger partial charge in [-0.25, -0.2) is 9.78 Å². The lowest BCUT2D eigenvalue weighted by Crippen LogP contribution is -2.65. The van der Waals surface area contributed by atoms with Gasteiger partial charge in [-0.3, -0.25) is 9.69 Å². The van der Waals surface area contributed by atoms with E-state index in [-0.39, 0.29) is 24.0 Å². The number of nitrogens with one attached hydrogen (secondary N) is 1. The van der Waals surface area contributed by atoms with Crippen LogP contribution in [0.15, 0.2) is 29.8 Å². The molecule has 2 aromatic rings. The summed E-state index contributed by atoms with van der Waals surface area (Å²) in [6.07, 6.45) is 4.28. The Morgan fingerprint density at radius 1 is 1.18 bits per heavy atom. The topological polar surface area (TPSA) is 102 Å². The van der Waals surface area contributed by atoms with Crippen molar-refractivity contribution in [2.24, 2.45) is 17.3 Å². The summed E-state index contributed by atoms with van der Waals surface area (Å²) in [6.45, 7) is 15.9. The molecule has 7 rings (SSSR count). The Hall–Kier alpha value is -2.67. The van der Waals surface area contributed by atoms with Crippen molar-refractivity contribution in [3.05, 3.63) is 40.9 Å². The van der Waals surface area contributed by atoms with Crippen molar-refractivity contribution in [1.82, 2.24) is 15.2 Å². The lowest BCUT2D eigenvalue weighted by atomic mass is 9.43. The Morgan fingerprint density at radius 2 is 1.93 bits per heavy atom. The van der Waals surface area contributed by atoms with E-state index in [9.17, 15) is 9.59 Å². The van der Waals surface area contributed by atoms with Gasteiger partial charge in [-0.2, -0.15) is 0 Å². The van der Waals surface area contributed by atoms with Gasteiger partial charge in [0.05, 0.1) is 31.3 Å². The van der Waals surface area contributed by atoms with E-state index in [4.69, 9.17) is 18.8 Å². The van der Waals surface area contributed by atoms with Crippen LogP contribution in [0.5, 0.6) is 5.75 Å². The highest BCUT2D eigenvalue weighted by Crippen LogP contribution is 2.65. The first-order valence-electron chi connectivity index (χ1n) is 16.2. The average Bonchev–Trinajstić information content (AvgIpc) is 3.64. The zero-order valence-corrected chi connectivity index (χ0v) is 28.4. The lowest BCUT2D eigenvalue weighted by Gasteiger charge is -2.64. The molecule has 0 spiro atoms. The molecule has 244 valence electrons. The highest BCUT2D eigenvalue weighted by atomic mass is 32.1. The number of hydrogen-bond donors (Lipinski definition) is 1. The van der Waals surface area contributed by atoms with Crippen LogP contribution >= 0.6 is 11.3 Å². The summed E-state index contributed by atoms with van der Waals surface area (Å²) in [5.41, 5.74) is 0.269. The number of carbonyl (C=O) groups is 2. The third-order valence-corrected chi connectivity index (χ3v) is 11.3. The van der Waals surface area contributed by atoms with E-state index >= 15 is 0 Å². The van der Waals surface area contributed by atoms with Gasteiger partial charge >= 0.3 is 13.1 Å². The van der Waals surface area contributed by atoms with Crippen LogP contribution in [0, 0.1) is 17.3 Å². The van der Waals surface area contributed by atoms with E-state index in [2.05, 4.69) is 40.9 Å². The molecule has 2 bridgehead atoms. The summed E-state index contributed by atoms with van der Waals surface area (Å²) in [4.78, 5) is 35.6. The van der Waals surface area contributed by atoms with Crippen LogP contribution in [0.25, 0.3) is 0 Å². The van der Waals surface area contributed by atoms with Crippen LogP contribution in [0.2, 0.25) is 0 Å². The van der Waals surface area contributed by atoms with Gasteiger partial charge < -0.3 is 29.0 Å². The van der Waals surface area contributed by atoms with E-state index in [0.717, 1.165) is 49.7 Å². The van der Waals surface area contributed by atoms with Crippen molar-refractivity contribution in [2.45, 2.75) is 84.1 Å². The molecule has 0 radical (unpaired) electrons. The predicted molar refractivity (Wildman–Crippen MR) is 175 cm³/mol. The third-order valence-electron chi connectivity index (χ3n) is 10.4. The van der Waals surface area contributed by atoms with Crippen molar-refractivity contribution in [3.63, 3.8) is 0 Å². The van der Waals surface area contributed by atoms with E-state index < -0.39 is 30.2 Å². The first-order chi connectivity index (χ1) is 21.3. The van der Waals surface area contributed by atoms with Gasteiger partial charge in [0.2, 0.25) is 5.91 Å². The predicted octanol–water partition coefficient (Wildman–Crippen LogP) is 4.22. The smallest absolute Gasteiger partial charge is 0.482 e. The SMILES string of the molecule is COc1c(CC(NC(=O)CN2CCN(c3nccs3)CC2)B2OC3CC4CC(C4(C)C)C3(C)O2)cccc1C(=O)OC(C)(C)C. The quantitative estimate of drug-likeness (QED) is 0.320. The molecule has 5 fully saturated rings. The summed E-state index contributed by atoms with van der Waals surface area (Å²) in [7, 11) is 0.926. The summed E-state index contributed by atoms with van der Waals surface area (Å²) < 4.78 is 25.0. The number of aromatic nitrogens is 1. The van der Waals surface area contributed by atoms with Gasteiger partial charge in [0, 0.05) is 37.8 Å². The maximum absolute atomic E-state index is 13.6. The molecule has 12 heteroatoms. The number of hydrogen-bond acceptors (Lipinski definition) is 10. The van der Waals surface area contributed by atoms with Crippen LogP contribution in [0.4, 0.5) is 5.13 Å². The van der Waals surface area contributed by atoms with Gasteiger partial charge in [-0.15, -0.1) is 11.3 Å². The maximum Gasteiger partial charge on any atom is 0.482 e. The Labute approximate surface area is 271 Å². The number of benzene rings is 1. The molecular formula is C33H47BN4O6S. The number of ether oxygens (including phenoxy) is 2. The van der Waals surface area contributed by atoms with Crippen molar-refractivity contribution in [3.8, 4) is 5.75 Å². The number of carbonyl (C=O) groups excluding carboxylic acids is 2. The number of piperazine rings is 1. The number of rotatable bonds is 9. The second-order valence-electron chi connectivity index (χ2n) is 14.8. The fourth-order valence-electron chi connectivity index (χ4n) is 7.93. The van der Waals surface area contributed by atoms with Gasteiger partial charge in [0.25, 0.3) is 0 Å². The number of esters is 1. The van der Waals surface area contributed by atoms with Gasteiger partial charge in [0.1, 0.15) is 16.9 Å². The molecule has 10 nitrogen and oxygen atoms in total. The minimum atomic E-state index is -0.647. The monoisotopic (exact) mass is 638 g/mol. The third kappa shape index (κ3) is 6.35. The van der Waals surface area contributed by atoms with Crippen molar-refractivity contribution in [2.75, 3.05) is 44.7 Å². The second-order valence-corrected chi connectivity index (χ2v) is 15.7. The Kier molecular flexibility index (Phi) is 8.73. The number of anilines is 1. The molecule has 3 aliphatic carbocycles. The first-order valence-corrected chi connectivity index (χ1v) is 17.0. The molecule has 45 heavy (non-hydrogen) atoms. The number of thiazole rings is 1. The Bertz CT molecular complexity index is 1390. The van der Waals surface area contributed by atoms with Gasteiger partial charge in [-0.1, -0.05) is 26.0 Å². The van der Waals surface area contributed by atoms with E-state index in [1.807, 2.05) is 44.5 Å². The number of amides is 1. The first kappa shape index (κ1) is 32.3. The zero-order chi connectivity index (χ0) is 32.1. The minimum Gasteiger partial charge on any atom is -0.496 e. The van der Waals surface area contributed by atoms with Crippen molar-refractivity contribution < 1.29 is 28.4 Å². The standard InChI is InChI=1S/C33H47BN4O6S/c1-31(2,3)42-29(40)23-10-8-9-21(28(23)41-7)17-26(34-43-25-19-22-18-24(32(22,4)5)33(25,6)44-34)36-27(39)20-37-12-14-38(15-13-37)30-35-11-16-45-30/h8-11,16,22,24-26H,12-15,17-20H2,1-7H3,(H,36,39). The number of para-hydroxylation sites is 1. The number of nitrogens with zero attached hydrogens (tertiary/aromatic N) is 3. The van der Waals surface area contributed by atoms with Crippen LogP contribution in [-0.2, 0) is 25.3 Å². The van der Waals surface area contributed by atoms with Gasteiger partial charge in [0.15, 0.2) is 5.13 Å². The van der Waals surface area contributed by atoms with Crippen LogP contribution in [0.1, 0.15) is 70.3 Å². The molecule has 3 heterocycles. The van der Waals surface area contributed by atoms with E-state index in [1.165, 1.54) is 0 Å². The van der Waals surface area contributed by atoms with Crippen LogP contribution < -0.4 is 15.0 Å². The molecule has 5 atom stereocenters. The molecule has 5 aliphatic rings. The Morgan fingerprint density at radius 3 is 2.58 bits per heavy atom. The number of methoxy groups -OCH3 is 1. The summed E-state index contributed by atoms with van der Waals surface area (Å²) in [5.74, 6) is 0.433. The average molecular weight is 639 g/mol. The highest BCUT2D eigenvalue weighted by Gasteiger charge is 2.68. The largest absolute Gasteiger partial charge is 0.496 e. The van der Waals surface area contributed by atoms with E-state index in [1.54, 1.807) is 24.5 Å². The molecule has 1 aromatic heterocycles. The molecule has 5 unspecified atom stereocenters. The van der Waals surface area contributed by atoms with Gasteiger partial charge in [-0.05, 0) is 75.8 Å². The molecule has 1 amide bonds. The maximum atomic E-state index is 13.6. The summed E-state index contributed by atoms with van der Waals surface area (Å²) in [6, 6.07) is 5.46. The molecular weight excluding hydrogens is 591 g/mol. The lowest BCUT2D eigenvalue weighted by molar-refractivity contribution is -0.199. The molecule has 2 saturated heterocycles. The normalized spacial score (nSPS) is 28.2. The molecule has 1 N–H and O–H groups in total. The van der Waals surface area contributed by atoms with Crippen molar-refractivity contribution >= 4 is 35.5 Å². The van der Waals surface area contributed by atoms with Crippen molar-refractivity contribution in [1.29, 1.82) is 0 Å². The second kappa shape index (κ2) is 12.2. The fraction of sp³-hybridized carbons (Fsp3) is 0.667. The zero-order valence-electron chi connectivity index (χ0n) is 27.6. The fourth-order valence-corrected chi connectivity index (χ4v) is 8.63. The van der Waals surface area contributed by atoms with E-state index in [0.29, 0.717) is 29.6 Å². The van der Waals surface area contributed by atoms with Crippen LogP contribution in [-0.4, -0.2) is 92.0 Å². The molecule has 1 aromatic carbocycles.